The Hall–Kier alpha value is -1.81. The molecule has 0 atom stereocenters. The Bertz CT molecular complexity index is 577. The molecule has 0 saturated carbocycles. The Morgan fingerprint density at radius 3 is 2.53 bits per heavy atom. The largest absolute Gasteiger partial charge is 0.383 e. The first-order valence-electron chi connectivity index (χ1n) is 5.02. The molecule has 0 radical (unpaired) electrons. The molecule has 0 aliphatic rings. The highest BCUT2D eigenvalue weighted by Gasteiger charge is 2.20. The molecule has 1 rings (SSSR count). The van der Waals surface area contributed by atoms with Crippen LogP contribution < -0.4 is 10.0 Å². The average Bonchev–Trinajstić information content (AvgIpc) is 2.35. The third-order valence-corrected chi connectivity index (χ3v) is 3.59. The van der Waals surface area contributed by atoms with Crippen molar-refractivity contribution in [3.05, 3.63) is 28.3 Å². The Labute approximate surface area is 107 Å². The Morgan fingerprint density at radius 2 is 2.05 bits per heavy atom. The number of nitro benzene ring substituents is 1. The quantitative estimate of drug-likeness (QED) is 0.606. The molecule has 0 spiro atoms. The summed E-state index contributed by atoms with van der Waals surface area (Å²) < 4.78 is 48.9. The first-order valence-corrected chi connectivity index (χ1v) is 6.50. The Kier molecular flexibility index (Phi) is 4.72. The fourth-order valence-corrected chi connectivity index (χ4v) is 2.33. The lowest BCUT2D eigenvalue weighted by Crippen LogP contribution is -2.28. The van der Waals surface area contributed by atoms with E-state index in [1.807, 2.05) is 0 Å². The number of anilines is 1. The minimum Gasteiger partial charge on any atom is -0.383 e. The van der Waals surface area contributed by atoms with Gasteiger partial charge >= 0.3 is 0 Å². The van der Waals surface area contributed by atoms with Crippen molar-refractivity contribution in [3.63, 3.8) is 0 Å². The van der Waals surface area contributed by atoms with Crippen LogP contribution in [0.2, 0.25) is 0 Å². The number of nitrogens with one attached hydrogen (secondary N) is 2. The maximum absolute atomic E-state index is 12.0. The molecule has 1 aromatic rings. The molecule has 0 fully saturated rings. The van der Waals surface area contributed by atoms with Gasteiger partial charge in [-0.3, -0.25) is 10.1 Å². The number of hydrogen-bond donors (Lipinski definition) is 2. The minimum absolute atomic E-state index is 0.0232. The van der Waals surface area contributed by atoms with Crippen LogP contribution in [0.4, 0.5) is 20.2 Å². The van der Waals surface area contributed by atoms with Crippen LogP contribution in [-0.2, 0) is 10.0 Å². The van der Waals surface area contributed by atoms with Crippen LogP contribution in [0.5, 0.6) is 0 Å². The second-order valence-corrected chi connectivity index (χ2v) is 5.20. The van der Waals surface area contributed by atoms with Crippen molar-refractivity contribution in [1.29, 1.82) is 0 Å². The van der Waals surface area contributed by atoms with Crippen LogP contribution in [0.3, 0.4) is 0 Å². The first kappa shape index (κ1) is 15.2. The van der Waals surface area contributed by atoms with E-state index < -0.39 is 27.9 Å². The van der Waals surface area contributed by atoms with Crippen LogP contribution >= 0.6 is 0 Å². The van der Waals surface area contributed by atoms with Crippen LogP contribution in [0.25, 0.3) is 0 Å². The molecule has 7 nitrogen and oxygen atoms in total. The van der Waals surface area contributed by atoms with Crippen LogP contribution in [0.1, 0.15) is 0 Å². The van der Waals surface area contributed by atoms with Gasteiger partial charge in [-0.1, -0.05) is 0 Å². The standard InChI is InChI=1S/C9H11F2N3O4S/c1-12-7-4-6(2-3-8(7)14(15)16)19(17,18)13-5-9(10)11/h2-4,9,12-13H,5H2,1H3. The molecule has 0 amide bonds. The topological polar surface area (TPSA) is 101 Å². The first-order chi connectivity index (χ1) is 8.77. The summed E-state index contributed by atoms with van der Waals surface area (Å²) >= 11 is 0. The van der Waals surface area contributed by atoms with E-state index >= 15 is 0 Å². The second kappa shape index (κ2) is 5.89. The zero-order valence-electron chi connectivity index (χ0n) is 9.76. The van der Waals surface area contributed by atoms with Gasteiger partial charge in [0.1, 0.15) is 5.69 Å². The summed E-state index contributed by atoms with van der Waals surface area (Å²) in [6.45, 7) is -1.02. The highest BCUT2D eigenvalue weighted by molar-refractivity contribution is 7.89. The molecule has 0 aliphatic heterocycles. The lowest BCUT2D eigenvalue weighted by atomic mass is 10.3. The summed E-state index contributed by atoms with van der Waals surface area (Å²) in [5, 5.41) is 13.1. The number of rotatable bonds is 6. The van der Waals surface area contributed by atoms with E-state index in [2.05, 4.69) is 5.32 Å². The normalized spacial score (nSPS) is 11.6. The van der Waals surface area contributed by atoms with Crippen molar-refractivity contribution < 1.29 is 22.1 Å². The van der Waals surface area contributed by atoms with Crippen LogP contribution in [0.15, 0.2) is 23.1 Å². The number of nitro groups is 1. The Balaban J connectivity index is 3.12. The van der Waals surface area contributed by atoms with Crippen LogP contribution in [0, 0.1) is 10.1 Å². The fraction of sp³-hybridized carbons (Fsp3) is 0.333. The van der Waals surface area contributed by atoms with Gasteiger partial charge in [0, 0.05) is 13.1 Å². The van der Waals surface area contributed by atoms with Gasteiger partial charge in [-0.2, -0.15) is 0 Å². The third-order valence-electron chi connectivity index (χ3n) is 2.17. The summed E-state index contributed by atoms with van der Waals surface area (Å²) in [7, 11) is -2.74. The van der Waals surface area contributed by atoms with Gasteiger partial charge < -0.3 is 5.32 Å². The van der Waals surface area contributed by atoms with Gasteiger partial charge in [-0.05, 0) is 12.1 Å². The van der Waals surface area contributed by atoms with Gasteiger partial charge in [0.2, 0.25) is 10.0 Å². The molecule has 10 heteroatoms. The zero-order valence-corrected chi connectivity index (χ0v) is 10.6. The molecule has 106 valence electrons. The highest BCUT2D eigenvalue weighted by atomic mass is 32.2. The predicted octanol–water partition coefficient (Wildman–Crippen LogP) is 1.18. The van der Waals surface area contributed by atoms with Crippen LogP contribution in [-0.4, -0.2) is 33.4 Å². The smallest absolute Gasteiger partial charge is 0.292 e. The highest BCUT2D eigenvalue weighted by Crippen LogP contribution is 2.26. The molecular weight excluding hydrogens is 284 g/mol. The number of benzene rings is 1. The SMILES string of the molecule is CNc1cc(S(=O)(=O)NCC(F)F)ccc1[N+](=O)[O-]. The van der Waals surface area contributed by atoms with Crippen molar-refractivity contribution in [2.24, 2.45) is 0 Å². The number of alkyl halides is 2. The fourth-order valence-electron chi connectivity index (χ4n) is 1.30. The summed E-state index contributed by atoms with van der Waals surface area (Å²) in [5.41, 5.74) is -0.333. The lowest BCUT2D eigenvalue weighted by Gasteiger charge is -2.08. The zero-order chi connectivity index (χ0) is 14.6. The number of sulfonamides is 1. The van der Waals surface area contributed by atoms with Gasteiger partial charge in [-0.25, -0.2) is 21.9 Å². The van der Waals surface area contributed by atoms with Crippen molar-refractivity contribution in [2.75, 3.05) is 18.9 Å². The number of halogens is 2. The van der Waals surface area contributed by atoms with E-state index in [0.717, 1.165) is 18.2 Å². The van der Waals surface area contributed by atoms with E-state index in [4.69, 9.17) is 0 Å². The number of hydrogen-bond acceptors (Lipinski definition) is 5. The third kappa shape index (κ3) is 3.83. The monoisotopic (exact) mass is 295 g/mol. The molecular formula is C9H11F2N3O4S. The Morgan fingerprint density at radius 1 is 1.42 bits per heavy atom. The van der Waals surface area contributed by atoms with E-state index in [1.54, 1.807) is 4.72 Å². The van der Waals surface area contributed by atoms with Crippen molar-refractivity contribution >= 4 is 21.4 Å². The molecule has 0 heterocycles. The molecule has 2 N–H and O–H groups in total. The summed E-state index contributed by atoms with van der Waals surface area (Å²) in [6, 6.07) is 2.97. The average molecular weight is 295 g/mol. The van der Waals surface area contributed by atoms with Gasteiger partial charge in [0.15, 0.2) is 0 Å². The van der Waals surface area contributed by atoms with E-state index in [1.165, 1.54) is 7.05 Å². The van der Waals surface area contributed by atoms with Crippen molar-refractivity contribution in [3.8, 4) is 0 Å². The van der Waals surface area contributed by atoms with Crippen molar-refractivity contribution in [1.82, 2.24) is 4.72 Å². The van der Waals surface area contributed by atoms with E-state index in [9.17, 15) is 27.3 Å². The molecule has 0 saturated heterocycles. The maximum Gasteiger partial charge on any atom is 0.292 e. The number of nitrogens with zero attached hydrogens (tertiary/aromatic N) is 1. The molecule has 1 aromatic carbocycles. The maximum atomic E-state index is 12.0. The van der Waals surface area contributed by atoms with Gasteiger partial charge in [-0.15, -0.1) is 0 Å². The van der Waals surface area contributed by atoms with Crippen molar-refractivity contribution in [2.45, 2.75) is 11.3 Å². The summed E-state index contributed by atoms with van der Waals surface area (Å²) in [4.78, 5) is 9.64. The van der Waals surface area contributed by atoms with E-state index in [-0.39, 0.29) is 16.3 Å². The minimum atomic E-state index is -4.12. The molecule has 0 aromatic heterocycles. The van der Waals surface area contributed by atoms with E-state index in [0.29, 0.717) is 0 Å². The molecule has 0 aliphatic carbocycles. The van der Waals surface area contributed by atoms with Gasteiger partial charge in [0.05, 0.1) is 16.4 Å². The molecule has 0 bridgehead atoms. The molecule has 0 unspecified atom stereocenters. The van der Waals surface area contributed by atoms with Gasteiger partial charge in [0.25, 0.3) is 12.1 Å². The predicted molar refractivity (Wildman–Crippen MR) is 63.8 cm³/mol. The lowest BCUT2D eigenvalue weighted by molar-refractivity contribution is -0.384. The summed E-state index contributed by atoms with van der Waals surface area (Å²) in [5.74, 6) is 0. The molecule has 19 heavy (non-hydrogen) atoms. The second-order valence-electron chi connectivity index (χ2n) is 3.43. The summed E-state index contributed by atoms with van der Waals surface area (Å²) in [6.07, 6.45) is -2.82.